The van der Waals surface area contributed by atoms with Crippen LogP contribution in [0.5, 0.6) is 0 Å². The zero-order valence-electron chi connectivity index (χ0n) is 14.4. The Morgan fingerprint density at radius 2 is 1.81 bits per heavy atom. The average molecular weight is 300 g/mol. The normalized spacial score (nSPS) is 19.5. The van der Waals surface area contributed by atoms with Crippen LogP contribution in [-0.2, 0) is 4.74 Å². The van der Waals surface area contributed by atoms with Gasteiger partial charge in [0.05, 0.1) is 6.10 Å². The summed E-state index contributed by atoms with van der Waals surface area (Å²) in [6.45, 7) is 13.9. The van der Waals surface area contributed by atoms with Crippen molar-refractivity contribution < 1.29 is 14.6 Å². The number of hydrogen-bond acceptors (Lipinski definition) is 4. The van der Waals surface area contributed by atoms with Gasteiger partial charge in [0.1, 0.15) is 5.60 Å². The molecule has 5 heteroatoms. The van der Waals surface area contributed by atoms with Gasteiger partial charge in [0, 0.05) is 18.6 Å². The van der Waals surface area contributed by atoms with Gasteiger partial charge in [-0.15, -0.1) is 0 Å². The van der Waals surface area contributed by atoms with Crippen LogP contribution in [0.1, 0.15) is 54.4 Å². The summed E-state index contributed by atoms with van der Waals surface area (Å²) >= 11 is 0. The number of piperidine rings is 1. The molecule has 0 radical (unpaired) electrons. The van der Waals surface area contributed by atoms with Crippen molar-refractivity contribution in [3.8, 4) is 0 Å². The second kappa shape index (κ2) is 6.97. The third-order valence-electron chi connectivity index (χ3n) is 4.16. The maximum Gasteiger partial charge on any atom is 0.410 e. The van der Waals surface area contributed by atoms with Crippen molar-refractivity contribution in [3.05, 3.63) is 0 Å². The van der Waals surface area contributed by atoms with E-state index >= 15 is 0 Å². The van der Waals surface area contributed by atoms with Gasteiger partial charge in [-0.2, -0.15) is 0 Å². The highest BCUT2D eigenvalue weighted by molar-refractivity contribution is 5.68. The van der Waals surface area contributed by atoms with Crippen molar-refractivity contribution in [1.82, 2.24) is 10.2 Å². The summed E-state index contributed by atoms with van der Waals surface area (Å²) in [4.78, 5) is 13.8. The van der Waals surface area contributed by atoms with E-state index in [9.17, 15) is 9.90 Å². The molecule has 5 nitrogen and oxygen atoms in total. The summed E-state index contributed by atoms with van der Waals surface area (Å²) in [6.07, 6.45) is 1.35. The van der Waals surface area contributed by atoms with E-state index in [2.05, 4.69) is 5.32 Å². The Balaban J connectivity index is 2.34. The first kappa shape index (κ1) is 18.2. The summed E-state index contributed by atoms with van der Waals surface area (Å²) in [7, 11) is 0. The van der Waals surface area contributed by atoms with Gasteiger partial charge < -0.3 is 20.1 Å². The highest BCUT2D eigenvalue weighted by atomic mass is 16.6. The van der Waals surface area contributed by atoms with E-state index in [0.717, 1.165) is 32.5 Å². The molecule has 0 aromatic rings. The predicted molar refractivity (Wildman–Crippen MR) is 84.3 cm³/mol. The van der Waals surface area contributed by atoms with Gasteiger partial charge in [-0.05, 0) is 66.8 Å². The van der Waals surface area contributed by atoms with Crippen molar-refractivity contribution in [3.63, 3.8) is 0 Å². The molecular formula is C16H32N2O3. The molecule has 0 aromatic carbocycles. The number of likely N-dealkylation sites (tertiary alicyclic amines) is 1. The first-order valence-electron chi connectivity index (χ1n) is 7.92. The smallest absolute Gasteiger partial charge is 0.410 e. The van der Waals surface area contributed by atoms with E-state index in [0.29, 0.717) is 5.92 Å². The monoisotopic (exact) mass is 300 g/mol. The van der Waals surface area contributed by atoms with Crippen molar-refractivity contribution in [2.24, 2.45) is 5.92 Å². The van der Waals surface area contributed by atoms with E-state index in [1.54, 1.807) is 11.8 Å². The molecule has 1 heterocycles. The lowest BCUT2D eigenvalue weighted by molar-refractivity contribution is 0.0177. The SMILES string of the molecule is CC(O)C(C)(C)NCC1CCN(C(=O)OC(C)(C)C)CC1. The minimum Gasteiger partial charge on any atom is -0.444 e. The Morgan fingerprint density at radius 3 is 2.24 bits per heavy atom. The summed E-state index contributed by atoms with van der Waals surface area (Å²) in [5.74, 6) is 0.543. The molecule has 1 rings (SSSR count). The third-order valence-corrected chi connectivity index (χ3v) is 4.16. The number of nitrogens with one attached hydrogen (secondary N) is 1. The van der Waals surface area contributed by atoms with Gasteiger partial charge in [-0.3, -0.25) is 0 Å². The van der Waals surface area contributed by atoms with Crippen molar-refractivity contribution in [2.75, 3.05) is 19.6 Å². The van der Waals surface area contributed by atoms with Crippen molar-refractivity contribution >= 4 is 6.09 Å². The Kier molecular flexibility index (Phi) is 6.05. The van der Waals surface area contributed by atoms with E-state index in [4.69, 9.17) is 4.74 Å². The van der Waals surface area contributed by atoms with Crippen LogP contribution in [0, 0.1) is 5.92 Å². The summed E-state index contributed by atoms with van der Waals surface area (Å²) < 4.78 is 5.40. The number of ether oxygens (including phenoxy) is 1. The van der Waals surface area contributed by atoms with Crippen LogP contribution < -0.4 is 5.32 Å². The predicted octanol–water partition coefficient (Wildman–Crippen LogP) is 2.38. The van der Waals surface area contributed by atoms with Gasteiger partial charge in [0.15, 0.2) is 0 Å². The maximum atomic E-state index is 12.0. The molecule has 0 bridgehead atoms. The molecule has 1 fully saturated rings. The number of rotatable bonds is 4. The van der Waals surface area contributed by atoms with Gasteiger partial charge in [-0.25, -0.2) is 4.79 Å². The Bertz CT molecular complexity index is 340. The van der Waals surface area contributed by atoms with Crippen LogP contribution in [0.15, 0.2) is 0 Å². The molecule has 1 aliphatic heterocycles. The molecule has 21 heavy (non-hydrogen) atoms. The summed E-state index contributed by atoms with van der Waals surface area (Å²) in [5, 5.41) is 13.1. The van der Waals surface area contributed by atoms with E-state index in [-0.39, 0.29) is 17.7 Å². The fourth-order valence-electron chi connectivity index (χ4n) is 2.20. The minimum atomic E-state index is -0.434. The average Bonchev–Trinajstić information content (AvgIpc) is 2.35. The fraction of sp³-hybridized carbons (Fsp3) is 0.938. The largest absolute Gasteiger partial charge is 0.444 e. The number of aliphatic hydroxyl groups is 1. The number of aliphatic hydroxyl groups excluding tert-OH is 1. The van der Waals surface area contributed by atoms with Crippen LogP contribution in [0.25, 0.3) is 0 Å². The molecule has 2 N–H and O–H groups in total. The molecule has 0 aliphatic carbocycles. The van der Waals surface area contributed by atoms with Crippen molar-refractivity contribution in [2.45, 2.75) is 71.6 Å². The van der Waals surface area contributed by atoms with Crippen LogP contribution in [0.3, 0.4) is 0 Å². The lowest BCUT2D eigenvalue weighted by atomic mass is 9.93. The number of nitrogens with zero attached hydrogens (tertiary/aromatic N) is 1. The summed E-state index contributed by atoms with van der Waals surface area (Å²) in [5.41, 5.74) is -0.709. The third kappa shape index (κ3) is 6.22. The highest BCUT2D eigenvalue weighted by Crippen LogP contribution is 2.20. The Labute approximate surface area is 129 Å². The second-order valence-corrected chi connectivity index (χ2v) is 7.69. The van der Waals surface area contributed by atoms with E-state index in [1.165, 1.54) is 0 Å². The number of carbonyl (C=O) groups is 1. The van der Waals surface area contributed by atoms with Gasteiger partial charge >= 0.3 is 6.09 Å². The number of carbonyl (C=O) groups excluding carboxylic acids is 1. The molecule has 1 amide bonds. The Morgan fingerprint density at radius 1 is 1.29 bits per heavy atom. The number of amides is 1. The lowest BCUT2D eigenvalue weighted by Gasteiger charge is -2.36. The maximum absolute atomic E-state index is 12.0. The lowest BCUT2D eigenvalue weighted by Crippen LogP contribution is -2.51. The standard InChI is InChI=1S/C16H32N2O3/c1-12(19)16(5,6)17-11-13-7-9-18(10-8-13)14(20)21-15(2,3)4/h12-13,17,19H,7-11H2,1-6H3. The fourth-order valence-corrected chi connectivity index (χ4v) is 2.20. The first-order valence-corrected chi connectivity index (χ1v) is 7.92. The van der Waals surface area contributed by atoms with Crippen LogP contribution in [0.4, 0.5) is 4.79 Å². The second-order valence-electron chi connectivity index (χ2n) is 7.69. The molecule has 1 unspecified atom stereocenters. The van der Waals surface area contributed by atoms with Crippen LogP contribution in [0.2, 0.25) is 0 Å². The quantitative estimate of drug-likeness (QED) is 0.837. The van der Waals surface area contributed by atoms with Gasteiger partial charge in [0.25, 0.3) is 0 Å². The van der Waals surface area contributed by atoms with E-state index in [1.807, 2.05) is 34.6 Å². The molecule has 0 saturated carbocycles. The topological polar surface area (TPSA) is 61.8 Å². The molecule has 0 spiro atoms. The first-order chi connectivity index (χ1) is 9.51. The zero-order valence-corrected chi connectivity index (χ0v) is 14.4. The van der Waals surface area contributed by atoms with E-state index < -0.39 is 5.60 Å². The molecule has 1 saturated heterocycles. The molecule has 124 valence electrons. The molecular weight excluding hydrogens is 268 g/mol. The summed E-state index contributed by atoms with van der Waals surface area (Å²) in [6, 6.07) is 0. The van der Waals surface area contributed by atoms with Gasteiger partial charge in [-0.1, -0.05) is 0 Å². The van der Waals surface area contributed by atoms with Crippen molar-refractivity contribution in [1.29, 1.82) is 0 Å². The Hall–Kier alpha value is -0.810. The van der Waals surface area contributed by atoms with Crippen LogP contribution >= 0.6 is 0 Å². The highest BCUT2D eigenvalue weighted by Gasteiger charge is 2.29. The molecule has 1 aliphatic rings. The van der Waals surface area contributed by atoms with Crippen LogP contribution in [-0.4, -0.2) is 53.0 Å². The zero-order chi connectivity index (χ0) is 16.3. The number of hydrogen-bond donors (Lipinski definition) is 2. The molecule has 1 atom stereocenters. The minimum absolute atomic E-state index is 0.210. The molecule has 0 aromatic heterocycles. The van der Waals surface area contributed by atoms with Gasteiger partial charge in [0.2, 0.25) is 0 Å².